The highest BCUT2D eigenvalue weighted by Gasteiger charge is 2.16. The van der Waals surface area contributed by atoms with Crippen molar-refractivity contribution in [1.82, 2.24) is 14.6 Å². The van der Waals surface area contributed by atoms with Gasteiger partial charge in [-0.1, -0.05) is 18.2 Å². The van der Waals surface area contributed by atoms with Crippen LogP contribution in [0.1, 0.15) is 26.6 Å². The predicted molar refractivity (Wildman–Crippen MR) is 116 cm³/mol. The van der Waals surface area contributed by atoms with Crippen molar-refractivity contribution in [2.24, 2.45) is 0 Å². The Morgan fingerprint density at radius 1 is 1.17 bits per heavy atom. The molecule has 0 aliphatic heterocycles. The smallest absolute Gasteiger partial charge is 0.251 e. The van der Waals surface area contributed by atoms with Crippen LogP contribution in [0.5, 0.6) is 5.75 Å². The highest BCUT2D eigenvalue weighted by atomic mass is 32.2. The summed E-state index contributed by atoms with van der Waals surface area (Å²) >= 11 is 1.56. The van der Waals surface area contributed by atoms with Gasteiger partial charge in [0.1, 0.15) is 12.4 Å². The lowest BCUT2D eigenvalue weighted by molar-refractivity contribution is 0.0950. The van der Waals surface area contributed by atoms with Gasteiger partial charge in [0.05, 0.1) is 15.6 Å². The Morgan fingerprint density at radius 3 is 2.53 bits per heavy atom. The van der Waals surface area contributed by atoms with Crippen molar-refractivity contribution in [2.45, 2.75) is 25.0 Å². The molecule has 0 saturated carbocycles. The van der Waals surface area contributed by atoms with Crippen LogP contribution in [0.4, 0.5) is 0 Å². The second-order valence-corrected chi connectivity index (χ2v) is 10.0. The number of carbonyl (C=O) groups is 1. The zero-order valence-electron chi connectivity index (χ0n) is 17.0. The molecule has 0 fully saturated rings. The van der Waals surface area contributed by atoms with Crippen LogP contribution in [0.15, 0.2) is 58.8 Å². The number of nitrogens with zero attached hydrogens (tertiary/aromatic N) is 2. The molecule has 158 valence electrons. The first-order valence-corrected chi connectivity index (χ1v) is 11.5. The Bertz CT molecular complexity index is 1120. The first kappa shape index (κ1) is 21.9. The number of nitrogens with one attached hydrogen (secondary N) is 1. The molecule has 0 atom stereocenters. The summed E-state index contributed by atoms with van der Waals surface area (Å²) in [5.41, 5.74) is 2.13. The van der Waals surface area contributed by atoms with E-state index in [1.54, 1.807) is 47.7 Å². The molecule has 0 saturated heterocycles. The second kappa shape index (κ2) is 9.38. The number of aryl methyl sites for hydroxylation is 1. The van der Waals surface area contributed by atoms with Crippen molar-refractivity contribution in [3.05, 3.63) is 75.7 Å². The molecule has 30 heavy (non-hydrogen) atoms. The Hall–Kier alpha value is -2.75. The van der Waals surface area contributed by atoms with Crippen molar-refractivity contribution >= 4 is 27.3 Å². The predicted octanol–water partition coefficient (Wildman–Crippen LogP) is 3.21. The van der Waals surface area contributed by atoms with Crippen LogP contribution in [0, 0.1) is 6.92 Å². The number of hydrogen-bond donors (Lipinski definition) is 1. The summed E-state index contributed by atoms with van der Waals surface area (Å²) < 4.78 is 31.1. The molecule has 0 radical (unpaired) electrons. The van der Waals surface area contributed by atoms with Gasteiger partial charge in [-0.05, 0) is 42.8 Å². The number of aromatic nitrogens is 1. The van der Waals surface area contributed by atoms with E-state index in [2.05, 4.69) is 10.3 Å². The van der Waals surface area contributed by atoms with Crippen LogP contribution in [0.25, 0.3) is 0 Å². The van der Waals surface area contributed by atoms with Gasteiger partial charge in [-0.25, -0.2) is 17.7 Å². The number of thiazole rings is 1. The molecular formula is C21H23N3O4S2. The summed E-state index contributed by atoms with van der Waals surface area (Å²) in [4.78, 5) is 17.0. The Morgan fingerprint density at radius 2 is 1.90 bits per heavy atom. The van der Waals surface area contributed by atoms with Crippen molar-refractivity contribution in [2.75, 3.05) is 14.1 Å². The topological polar surface area (TPSA) is 88.6 Å². The zero-order valence-corrected chi connectivity index (χ0v) is 18.6. The number of hydrogen-bond acceptors (Lipinski definition) is 6. The molecule has 0 unspecified atom stereocenters. The summed E-state index contributed by atoms with van der Waals surface area (Å²) in [7, 11) is -0.498. The molecule has 2 aromatic carbocycles. The first-order chi connectivity index (χ1) is 14.3. The minimum absolute atomic E-state index is 0.211. The van der Waals surface area contributed by atoms with Crippen LogP contribution in [-0.4, -0.2) is 37.7 Å². The monoisotopic (exact) mass is 445 g/mol. The first-order valence-electron chi connectivity index (χ1n) is 9.19. The van der Waals surface area contributed by atoms with Crippen molar-refractivity contribution in [3.63, 3.8) is 0 Å². The summed E-state index contributed by atoms with van der Waals surface area (Å²) in [6.07, 6.45) is 0. The SMILES string of the molecule is Cc1nc(COc2cccc(C(=O)NCc3ccc(S(=O)(=O)N(C)C)cc3)c2)cs1. The van der Waals surface area contributed by atoms with Crippen LogP contribution >= 0.6 is 11.3 Å². The maximum Gasteiger partial charge on any atom is 0.251 e. The minimum Gasteiger partial charge on any atom is -0.487 e. The van der Waals surface area contributed by atoms with Gasteiger partial charge in [0, 0.05) is 31.6 Å². The molecule has 0 spiro atoms. The number of rotatable bonds is 8. The van der Waals surface area contributed by atoms with Crippen LogP contribution in [0.2, 0.25) is 0 Å². The summed E-state index contributed by atoms with van der Waals surface area (Å²) in [6.45, 7) is 2.57. The van der Waals surface area contributed by atoms with Crippen LogP contribution in [0.3, 0.4) is 0 Å². The quantitative estimate of drug-likeness (QED) is 0.575. The van der Waals surface area contributed by atoms with Gasteiger partial charge in [0.25, 0.3) is 5.91 Å². The average Bonchev–Trinajstić information content (AvgIpc) is 3.16. The Labute approximate surface area is 180 Å². The van der Waals surface area contributed by atoms with Crippen molar-refractivity contribution < 1.29 is 17.9 Å². The zero-order chi connectivity index (χ0) is 21.7. The van der Waals surface area contributed by atoms with Crippen molar-refractivity contribution in [3.8, 4) is 5.75 Å². The fourth-order valence-electron chi connectivity index (χ4n) is 2.63. The molecule has 0 aliphatic rings. The highest BCUT2D eigenvalue weighted by Crippen LogP contribution is 2.17. The summed E-state index contributed by atoms with van der Waals surface area (Å²) in [5.74, 6) is 0.349. The molecule has 3 rings (SSSR count). The lowest BCUT2D eigenvalue weighted by Gasteiger charge is -2.12. The lowest BCUT2D eigenvalue weighted by Crippen LogP contribution is -2.23. The van der Waals surface area contributed by atoms with Crippen LogP contribution in [-0.2, 0) is 23.2 Å². The Kier molecular flexibility index (Phi) is 6.86. The van der Waals surface area contributed by atoms with E-state index in [-0.39, 0.29) is 17.3 Å². The Balaban J connectivity index is 1.58. The molecule has 3 aromatic rings. The standard InChI is InChI=1S/C21H23N3O4S2/c1-15-23-18(14-29-15)13-28-19-6-4-5-17(11-19)21(25)22-12-16-7-9-20(10-8-16)30(26,27)24(2)3/h4-11,14H,12-13H2,1-3H3,(H,22,25). The van der Waals surface area contributed by atoms with Gasteiger partial charge in [-0.15, -0.1) is 11.3 Å². The molecule has 7 nitrogen and oxygen atoms in total. The van der Waals surface area contributed by atoms with Gasteiger partial charge < -0.3 is 10.1 Å². The minimum atomic E-state index is -3.47. The molecule has 9 heteroatoms. The maximum atomic E-state index is 12.5. The molecular weight excluding hydrogens is 422 g/mol. The largest absolute Gasteiger partial charge is 0.487 e. The average molecular weight is 446 g/mol. The number of sulfonamides is 1. The third-order valence-corrected chi connectivity index (χ3v) is 6.96. The van der Waals surface area contributed by atoms with E-state index in [9.17, 15) is 13.2 Å². The summed E-state index contributed by atoms with van der Waals surface area (Å²) in [6, 6.07) is 13.4. The highest BCUT2D eigenvalue weighted by molar-refractivity contribution is 7.89. The molecule has 1 amide bonds. The van der Waals surface area contributed by atoms with Gasteiger partial charge in [-0.3, -0.25) is 4.79 Å². The van der Waals surface area contributed by atoms with E-state index in [0.717, 1.165) is 20.6 Å². The van der Waals surface area contributed by atoms with E-state index >= 15 is 0 Å². The number of carbonyl (C=O) groups excluding carboxylic acids is 1. The second-order valence-electron chi connectivity index (χ2n) is 6.79. The van der Waals surface area contributed by atoms with E-state index in [1.165, 1.54) is 26.2 Å². The molecule has 0 bridgehead atoms. The normalized spacial score (nSPS) is 11.5. The molecule has 1 N–H and O–H groups in total. The van der Waals surface area contributed by atoms with E-state index in [0.29, 0.717) is 17.9 Å². The maximum absolute atomic E-state index is 12.5. The van der Waals surface area contributed by atoms with Crippen molar-refractivity contribution in [1.29, 1.82) is 0 Å². The summed E-state index contributed by atoms with van der Waals surface area (Å²) in [5, 5.41) is 5.76. The number of amides is 1. The fourth-order valence-corrected chi connectivity index (χ4v) is 4.13. The van der Waals surface area contributed by atoms with E-state index in [4.69, 9.17) is 4.74 Å². The molecule has 0 aliphatic carbocycles. The van der Waals surface area contributed by atoms with Gasteiger partial charge in [0.2, 0.25) is 10.0 Å². The fraction of sp³-hybridized carbons (Fsp3) is 0.238. The van der Waals surface area contributed by atoms with E-state index < -0.39 is 10.0 Å². The third kappa shape index (κ3) is 5.44. The van der Waals surface area contributed by atoms with Gasteiger partial charge >= 0.3 is 0 Å². The molecule has 1 aromatic heterocycles. The van der Waals surface area contributed by atoms with Gasteiger partial charge in [-0.2, -0.15) is 0 Å². The number of ether oxygens (including phenoxy) is 1. The number of benzene rings is 2. The third-order valence-electron chi connectivity index (χ3n) is 4.30. The van der Waals surface area contributed by atoms with Crippen LogP contribution < -0.4 is 10.1 Å². The molecule has 1 heterocycles. The van der Waals surface area contributed by atoms with E-state index in [1.807, 2.05) is 12.3 Å². The lowest BCUT2D eigenvalue weighted by atomic mass is 10.2. The van der Waals surface area contributed by atoms with Gasteiger partial charge in [0.15, 0.2) is 0 Å².